The van der Waals surface area contributed by atoms with Crippen molar-refractivity contribution in [3.8, 4) is 0 Å². The molecule has 0 aliphatic carbocycles. The predicted octanol–water partition coefficient (Wildman–Crippen LogP) is 4.01. The summed E-state index contributed by atoms with van der Waals surface area (Å²) < 4.78 is 1.27. The van der Waals surface area contributed by atoms with Crippen LogP contribution in [0.15, 0.2) is 44.8 Å². The zero-order chi connectivity index (χ0) is 10.7. The lowest BCUT2D eigenvalue weighted by atomic mass is 10.2. The summed E-state index contributed by atoms with van der Waals surface area (Å²) in [6.45, 7) is 0.489. The Balaban J connectivity index is 2.20. The largest absolute Gasteiger partial charge is 0.326 e. The van der Waals surface area contributed by atoms with Crippen LogP contribution in [-0.4, -0.2) is 0 Å². The van der Waals surface area contributed by atoms with Gasteiger partial charge in [0.15, 0.2) is 0 Å². The Morgan fingerprint density at radius 2 is 2.20 bits per heavy atom. The van der Waals surface area contributed by atoms with E-state index in [1.807, 2.05) is 18.2 Å². The van der Waals surface area contributed by atoms with Crippen LogP contribution < -0.4 is 5.73 Å². The standard InChI is InChI=1S/C11H10ClNS2/c12-10-6-9(4-3-8(10)7-13)15-11-2-1-5-14-11/h1-6H,7,13H2. The van der Waals surface area contributed by atoms with Gasteiger partial charge in [-0.3, -0.25) is 0 Å². The van der Waals surface area contributed by atoms with E-state index in [1.165, 1.54) is 4.21 Å². The first-order chi connectivity index (χ1) is 7.29. The number of benzene rings is 1. The second-order valence-electron chi connectivity index (χ2n) is 2.99. The molecule has 15 heavy (non-hydrogen) atoms. The highest BCUT2D eigenvalue weighted by atomic mass is 35.5. The van der Waals surface area contributed by atoms with E-state index in [1.54, 1.807) is 23.1 Å². The molecule has 0 aliphatic rings. The van der Waals surface area contributed by atoms with Crippen LogP contribution >= 0.6 is 34.7 Å². The molecule has 0 spiro atoms. The van der Waals surface area contributed by atoms with Crippen LogP contribution in [0.2, 0.25) is 5.02 Å². The normalized spacial score (nSPS) is 10.5. The van der Waals surface area contributed by atoms with E-state index in [-0.39, 0.29) is 0 Å². The molecule has 0 amide bonds. The van der Waals surface area contributed by atoms with Crippen LogP contribution in [0.1, 0.15) is 5.56 Å². The topological polar surface area (TPSA) is 26.0 Å². The molecule has 78 valence electrons. The Bertz CT molecular complexity index is 440. The number of nitrogens with two attached hydrogens (primary N) is 1. The third kappa shape index (κ3) is 2.75. The van der Waals surface area contributed by atoms with Crippen LogP contribution in [0.3, 0.4) is 0 Å². The van der Waals surface area contributed by atoms with Crippen molar-refractivity contribution in [2.75, 3.05) is 0 Å². The molecular weight excluding hydrogens is 246 g/mol. The van der Waals surface area contributed by atoms with Crippen molar-refractivity contribution in [3.05, 3.63) is 46.3 Å². The van der Waals surface area contributed by atoms with Gasteiger partial charge in [-0.2, -0.15) is 0 Å². The summed E-state index contributed by atoms with van der Waals surface area (Å²) in [5.41, 5.74) is 6.54. The average molecular weight is 256 g/mol. The van der Waals surface area contributed by atoms with Crippen molar-refractivity contribution in [3.63, 3.8) is 0 Å². The molecule has 1 aromatic carbocycles. The molecule has 0 bridgehead atoms. The van der Waals surface area contributed by atoms with E-state index >= 15 is 0 Å². The molecule has 4 heteroatoms. The van der Waals surface area contributed by atoms with Crippen molar-refractivity contribution in [2.45, 2.75) is 15.6 Å². The number of rotatable bonds is 3. The second-order valence-corrected chi connectivity index (χ2v) is 5.72. The lowest BCUT2D eigenvalue weighted by molar-refractivity contribution is 1.07. The quantitative estimate of drug-likeness (QED) is 0.897. The van der Waals surface area contributed by atoms with Crippen molar-refractivity contribution >= 4 is 34.7 Å². The molecular formula is C11H10ClNS2. The molecule has 2 N–H and O–H groups in total. The summed E-state index contributed by atoms with van der Waals surface area (Å²) in [7, 11) is 0. The van der Waals surface area contributed by atoms with Gasteiger partial charge in [-0.15, -0.1) is 11.3 Å². The molecule has 0 atom stereocenters. The van der Waals surface area contributed by atoms with E-state index < -0.39 is 0 Å². The van der Waals surface area contributed by atoms with E-state index in [2.05, 4.69) is 17.5 Å². The van der Waals surface area contributed by atoms with Gasteiger partial charge >= 0.3 is 0 Å². The molecule has 1 nitrogen and oxygen atoms in total. The zero-order valence-corrected chi connectivity index (χ0v) is 10.3. The Kier molecular flexibility index (Phi) is 3.70. The van der Waals surface area contributed by atoms with Crippen LogP contribution in [0, 0.1) is 0 Å². The second kappa shape index (κ2) is 5.03. The Morgan fingerprint density at radius 1 is 1.33 bits per heavy atom. The summed E-state index contributed by atoms with van der Waals surface area (Å²) >= 11 is 9.53. The average Bonchev–Trinajstić information content (AvgIpc) is 2.71. The van der Waals surface area contributed by atoms with Gasteiger partial charge < -0.3 is 5.73 Å². The van der Waals surface area contributed by atoms with Gasteiger partial charge in [0, 0.05) is 16.5 Å². The highest BCUT2D eigenvalue weighted by molar-refractivity contribution is 8.01. The molecule has 0 saturated carbocycles. The van der Waals surface area contributed by atoms with Gasteiger partial charge in [0.2, 0.25) is 0 Å². The molecule has 0 saturated heterocycles. The van der Waals surface area contributed by atoms with E-state index in [0.29, 0.717) is 6.54 Å². The summed E-state index contributed by atoms with van der Waals surface area (Å²) in [6.07, 6.45) is 0. The SMILES string of the molecule is NCc1ccc(Sc2cccs2)cc1Cl. The molecule has 0 radical (unpaired) electrons. The molecule has 1 aromatic heterocycles. The Labute approximate surface area is 102 Å². The number of halogens is 1. The molecule has 0 unspecified atom stereocenters. The third-order valence-electron chi connectivity index (χ3n) is 1.96. The minimum absolute atomic E-state index is 0.489. The number of hydrogen-bond donors (Lipinski definition) is 1. The maximum Gasteiger partial charge on any atom is 0.0646 e. The minimum atomic E-state index is 0.489. The molecule has 1 heterocycles. The van der Waals surface area contributed by atoms with Gasteiger partial charge in [0.05, 0.1) is 4.21 Å². The lowest BCUT2D eigenvalue weighted by Gasteiger charge is -2.03. The fourth-order valence-electron chi connectivity index (χ4n) is 1.19. The summed E-state index contributed by atoms with van der Waals surface area (Å²) in [5, 5.41) is 2.82. The van der Waals surface area contributed by atoms with Gasteiger partial charge in [-0.1, -0.05) is 35.5 Å². The fourth-order valence-corrected chi connectivity index (χ4v) is 3.31. The maximum absolute atomic E-state index is 6.08. The van der Waals surface area contributed by atoms with Crippen LogP contribution in [-0.2, 0) is 6.54 Å². The van der Waals surface area contributed by atoms with Crippen LogP contribution in [0.5, 0.6) is 0 Å². The predicted molar refractivity (Wildman–Crippen MR) is 67.8 cm³/mol. The molecule has 0 aliphatic heterocycles. The van der Waals surface area contributed by atoms with Crippen molar-refractivity contribution in [2.24, 2.45) is 5.73 Å². The third-order valence-corrected chi connectivity index (χ3v) is 4.34. The highest BCUT2D eigenvalue weighted by Gasteiger charge is 2.02. The lowest BCUT2D eigenvalue weighted by Crippen LogP contribution is -1.96. The first-order valence-corrected chi connectivity index (χ1v) is 6.57. The van der Waals surface area contributed by atoms with E-state index in [9.17, 15) is 0 Å². The Hall–Kier alpha value is -0.480. The van der Waals surface area contributed by atoms with Gasteiger partial charge in [0.25, 0.3) is 0 Å². The summed E-state index contributed by atoms with van der Waals surface area (Å²) in [4.78, 5) is 1.15. The zero-order valence-electron chi connectivity index (χ0n) is 7.94. The molecule has 0 fully saturated rings. The van der Waals surface area contributed by atoms with Gasteiger partial charge in [0.1, 0.15) is 0 Å². The van der Waals surface area contributed by atoms with Crippen LogP contribution in [0.25, 0.3) is 0 Å². The van der Waals surface area contributed by atoms with E-state index in [0.717, 1.165) is 15.5 Å². The highest BCUT2D eigenvalue weighted by Crippen LogP contribution is 2.33. The Morgan fingerprint density at radius 3 is 2.80 bits per heavy atom. The monoisotopic (exact) mass is 255 g/mol. The number of hydrogen-bond acceptors (Lipinski definition) is 3. The van der Waals surface area contributed by atoms with Crippen LogP contribution in [0.4, 0.5) is 0 Å². The number of thiophene rings is 1. The fraction of sp³-hybridized carbons (Fsp3) is 0.0909. The van der Waals surface area contributed by atoms with Crippen molar-refractivity contribution in [1.82, 2.24) is 0 Å². The first kappa shape index (κ1) is 11.0. The van der Waals surface area contributed by atoms with Crippen molar-refractivity contribution < 1.29 is 0 Å². The molecule has 2 aromatic rings. The van der Waals surface area contributed by atoms with Crippen molar-refractivity contribution in [1.29, 1.82) is 0 Å². The van der Waals surface area contributed by atoms with Gasteiger partial charge in [-0.25, -0.2) is 0 Å². The maximum atomic E-state index is 6.08. The first-order valence-electron chi connectivity index (χ1n) is 4.49. The van der Waals surface area contributed by atoms with E-state index in [4.69, 9.17) is 17.3 Å². The summed E-state index contributed by atoms with van der Waals surface area (Å²) in [6, 6.07) is 10.1. The smallest absolute Gasteiger partial charge is 0.0646 e. The summed E-state index contributed by atoms with van der Waals surface area (Å²) in [5.74, 6) is 0. The molecule has 2 rings (SSSR count). The van der Waals surface area contributed by atoms with Gasteiger partial charge in [-0.05, 0) is 29.1 Å². The minimum Gasteiger partial charge on any atom is -0.326 e.